The van der Waals surface area contributed by atoms with Gasteiger partial charge in [-0.3, -0.25) is 4.98 Å². The number of hydrogen-bond acceptors (Lipinski definition) is 3. The van der Waals surface area contributed by atoms with Gasteiger partial charge >= 0.3 is 0 Å². The minimum Gasteiger partial charge on any atom is -0.487 e. The van der Waals surface area contributed by atoms with Gasteiger partial charge in [-0.05, 0) is 18.2 Å². The van der Waals surface area contributed by atoms with E-state index in [1.54, 1.807) is 36.7 Å². The van der Waals surface area contributed by atoms with E-state index in [1.165, 1.54) is 0 Å². The largest absolute Gasteiger partial charge is 0.487 e. The van der Waals surface area contributed by atoms with Gasteiger partial charge < -0.3 is 10.5 Å². The molecule has 0 saturated heterocycles. The van der Waals surface area contributed by atoms with Crippen LogP contribution in [0, 0.1) is 11.8 Å². The van der Waals surface area contributed by atoms with Crippen LogP contribution in [0.2, 0.25) is 10.0 Å². The summed E-state index contributed by atoms with van der Waals surface area (Å²) in [5.41, 5.74) is 6.82. The zero-order valence-electron chi connectivity index (χ0n) is 10.6. The minimum atomic E-state index is 0.272. The van der Waals surface area contributed by atoms with Gasteiger partial charge in [-0.25, -0.2) is 0 Å². The fourth-order valence-corrected chi connectivity index (χ4v) is 2.05. The molecule has 102 valence electrons. The van der Waals surface area contributed by atoms with Gasteiger partial charge in [0.1, 0.15) is 12.4 Å². The maximum Gasteiger partial charge on any atom is 0.139 e. The number of halogens is 2. The third kappa shape index (κ3) is 3.88. The molecule has 1 heterocycles. The van der Waals surface area contributed by atoms with Crippen LogP contribution in [-0.4, -0.2) is 11.5 Å². The number of nitrogens with zero attached hydrogens (tertiary/aromatic N) is 1. The average molecular weight is 307 g/mol. The van der Waals surface area contributed by atoms with Crippen LogP contribution < -0.4 is 10.5 Å². The quantitative estimate of drug-likeness (QED) is 0.885. The molecule has 0 atom stereocenters. The van der Waals surface area contributed by atoms with Crippen molar-refractivity contribution in [2.24, 2.45) is 5.73 Å². The Kier molecular flexibility index (Phi) is 5.25. The number of aromatic nitrogens is 1. The summed E-state index contributed by atoms with van der Waals surface area (Å²) < 4.78 is 5.64. The van der Waals surface area contributed by atoms with Gasteiger partial charge in [-0.2, -0.15) is 0 Å². The van der Waals surface area contributed by atoms with Crippen molar-refractivity contribution in [3.05, 3.63) is 57.8 Å². The zero-order chi connectivity index (χ0) is 14.4. The monoisotopic (exact) mass is 306 g/mol. The molecule has 3 nitrogen and oxygen atoms in total. The fraction of sp³-hybridized carbons (Fsp3) is 0.133. The van der Waals surface area contributed by atoms with Gasteiger partial charge in [-0.1, -0.05) is 41.1 Å². The topological polar surface area (TPSA) is 48.1 Å². The Bertz CT molecular complexity index is 642. The lowest BCUT2D eigenvalue weighted by atomic mass is 10.2. The van der Waals surface area contributed by atoms with E-state index in [0.29, 0.717) is 22.3 Å². The van der Waals surface area contributed by atoms with E-state index in [9.17, 15) is 0 Å². The summed E-state index contributed by atoms with van der Waals surface area (Å²) in [7, 11) is 0. The van der Waals surface area contributed by atoms with E-state index in [-0.39, 0.29) is 6.61 Å². The molecule has 0 bridgehead atoms. The standard InChI is InChI=1S/C15H12Cl2N2O/c16-14-4-1-5-15(17)13(14)10-20-12-7-11(3-2-6-18)8-19-9-12/h1,4-5,7-9H,6,10,18H2. The van der Waals surface area contributed by atoms with Crippen molar-refractivity contribution in [1.29, 1.82) is 0 Å². The molecule has 2 N–H and O–H groups in total. The number of nitrogens with two attached hydrogens (primary N) is 1. The van der Waals surface area contributed by atoms with Crippen LogP contribution in [0.1, 0.15) is 11.1 Å². The average Bonchev–Trinajstić information content (AvgIpc) is 2.45. The molecule has 0 spiro atoms. The Balaban J connectivity index is 2.11. The first-order valence-corrected chi connectivity index (χ1v) is 6.66. The highest BCUT2D eigenvalue weighted by Crippen LogP contribution is 2.25. The van der Waals surface area contributed by atoms with Crippen molar-refractivity contribution in [3.63, 3.8) is 0 Å². The summed E-state index contributed by atoms with van der Waals surface area (Å²) in [4.78, 5) is 4.06. The number of hydrogen-bond donors (Lipinski definition) is 1. The van der Waals surface area contributed by atoms with E-state index in [4.69, 9.17) is 33.7 Å². The molecule has 0 aliphatic carbocycles. The Morgan fingerprint density at radius 2 is 1.95 bits per heavy atom. The summed E-state index contributed by atoms with van der Waals surface area (Å²) in [5.74, 6) is 6.26. The van der Waals surface area contributed by atoms with Gasteiger partial charge in [0.05, 0.1) is 12.7 Å². The normalized spacial score (nSPS) is 9.75. The van der Waals surface area contributed by atoms with Gasteiger partial charge in [0.2, 0.25) is 0 Å². The van der Waals surface area contributed by atoms with Crippen LogP contribution in [0.25, 0.3) is 0 Å². The molecule has 0 unspecified atom stereocenters. The molecule has 2 aromatic rings. The van der Waals surface area contributed by atoms with E-state index in [0.717, 1.165) is 11.1 Å². The second-order valence-corrected chi connectivity index (χ2v) is 4.72. The van der Waals surface area contributed by atoms with Gasteiger partial charge in [0.25, 0.3) is 0 Å². The summed E-state index contributed by atoms with van der Waals surface area (Å²) in [6.07, 6.45) is 3.26. The lowest BCUT2D eigenvalue weighted by molar-refractivity contribution is 0.305. The van der Waals surface area contributed by atoms with Crippen molar-refractivity contribution in [3.8, 4) is 17.6 Å². The van der Waals surface area contributed by atoms with E-state index in [1.807, 2.05) is 0 Å². The SMILES string of the molecule is NCC#Cc1cncc(OCc2c(Cl)cccc2Cl)c1. The predicted octanol–water partition coefficient (Wildman–Crippen LogP) is 3.28. The maximum absolute atomic E-state index is 6.08. The molecule has 1 aromatic carbocycles. The minimum absolute atomic E-state index is 0.272. The zero-order valence-corrected chi connectivity index (χ0v) is 12.1. The van der Waals surface area contributed by atoms with Crippen LogP contribution in [0.3, 0.4) is 0 Å². The van der Waals surface area contributed by atoms with Crippen molar-refractivity contribution in [2.75, 3.05) is 6.54 Å². The molecule has 20 heavy (non-hydrogen) atoms. The molecule has 0 fully saturated rings. The first-order chi connectivity index (χ1) is 9.70. The van der Waals surface area contributed by atoms with Crippen LogP contribution in [-0.2, 0) is 6.61 Å². The summed E-state index contributed by atoms with van der Waals surface area (Å²) in [6.45, 7) is 0.578. The van der Waals surface area contributed by atoms with Crippen molar-refractivity contribution in [1.82, 2.24) is 4.98 Å². The van der Waals surface area contributed by atoms with Crippen LogP contribution in [0.4, 0.5) is 0 Å². The summed E-state index contributed by atoms with van der Waals surface area (Å²) in [5, 5.41) is 1.15. The molecule has 0 saturated carbocycles. The van der Waals surface area contributed by atoms with Crippen LogP contribution in [0.15, 0.2) is 36.7 Å². The first kappa shape index (κ1) is 14.7. The smallest absolute Gasteiger partial charge is 0.139 e. The van der Waals surface area contributed by atoms with E-state index in [2.05, 4.69) is 16.8 Å². The number of benzene rings is 1. The Morgan fingerprint density at radius 1 is 1.20 bits per heavy atom. The number of ether oxygens (including phenoxy) is 1. The lowest BCUT2D eigenvalue weighted by Gasteiger charge is -2.09. The maximum atomic E-state index is 6.08. The van der Waals surface area contributed by atoms with Crippen molar-refractivity contribution in [2.45, 2.75) is 6.61 Å². The van der Waals surface area contributed by atoms with Gasteiger partial charge in [0, 0.05) is 27.4 Å². The first-order valence-electron chi connectivity index (χ1n) is 5.90. The number of pyridine rings is 1. The summed E-state index contributed by atoms with van der Waals surface area (Å²) in [6, 6.07) is 7.13. The molecular weight excluding hydrogens is 295 g/mol. The summed E-state index contributed by atoms with van der Waals surface area (Å²) >= 11 is 12.2. The molecular formula is C15H12Cl2N2O. The van der Waals surface area contributed by atoms with Gasteiger partial charge in [0.15, 0.2) is 0 Å². The molecule has 5 heteroatoms. The van der Waals surface area contributed by atoms with Crippen LogP contribution in [0.5, 0.6) is 5.75 Å². The van der Waals surface area contributed by atoms with Crippen LogP contribution >= 0.6 is 23.2 Å². The second kappa shape index (κ2) is 7.16. The Hall–Kier alpha value is -1.73. The highest BCUT2D eigenvalue weighted by Gasteiger charge is 2.06. The molecule has 0 aliphatic rings. The Morgan fingerprint density at radius 3 is 2.65 bits per heavy atom. The van der Waals surface area contributed by atoms with Crippen molar-refractivity contribution >= 4 is 23.2 Å². The predicted molar refractivity (Wildman–Crippen MR) is 81.0 cm³/mol. The van der Waals surface area contributed by atoms with E-state index >= 15 is 0 Å². The highest BCUT2D eigenvalue weighted by molar-refractivity contribution is 6.35. The second-order valence-electron chi connectivity index (χ2n) is 3.90. The third-order valence-corrected chi connectivity index (χ3v) is 3.20. The molecule has 0 aliphatic heterocycles. The third-order valence-electron chi connectivity index (χ3n) is 2.49. The van der Waals surface area contributed by atoms with Crippen molar-refractivity contribution < 1.29 is 4.74 Å². The highest BCUT2D eigenvalue weighted by atomic mass is 35.5. The number of rotatable bonds is 3. The molecule has 0 radical (unpaired) electrons. The Labute approximate surface area is 127 Å². The van der Waals surface area contributed by atoms with Gasteiger partial charge in [-0.15, -0.1) is 0 Å². The molecule has 0 amide bonds. The van der Waals surface area contributed by atoms with E-state index < -0.39 is 0 Å². The lowest BCUT2D eigenvalue weighted by Crippen LogP contribution is -1.98. The molecule has 2 rings (SSSR count). The molecule has 1 aromatic heterocycles. The fourth-order valence-electron chi connectivity index (χ4n) is 1.54.